The Bertz CT molecular complexity index is 1350. The van der Waals surface area contributed by atoms with Crippen molar-refractivity contribution in [2.75, 3.05) is 26.0 Å². The third-order valence-corrected chi connectivity index (χ3v) is 9.27. The number of esters is 2. The Morgan fingerprint density at radius 2 is 1.47 bits per heavy atom. The molecule has 10 heteroatoms. The van der Waals surface area contributed by atoms with Crippen molar-refractivity contribution in [3.8, 4) is 0 Å². The monoisotopic (exact) mass is 541 g/mol. The van der Waals surface area contributed by atoms with Crippen LogP contribution in [0, 0.1) is 17.3 Å². The maximum atomic E-state index is 13.3. The molecule has 4 rings (SSSR count). The lowest BCUT2D eigenvalue weighted by Crippen LogP contribution is -2.40. The van der Waals surface area contributed by atoms with Crippen molar-refractivity contribution in [2.24, 2.45) is 17.3 Å². The van der Waals surface area contributed by atoms with Gasteiger partial charge in [-0.1, -0.05) is 24.3 Å². The Balaban J connectivity index is 1.71. The minimum Gasteiger partial charge on any atom is -0.465 e. The average molecular weight is 542 g/mol. The molecule has 0 bridgehead atoms. The topological polar surface area (TPSA) is 124 Å². The summed E-state index contributed by atoms with van der Waals surface area (Å²) in [4.78, 5) is 52.4. The Morgan fingerprint density at radius 1 is 0.895 bits per heavy atom. The lowest BCUT2D eigenvalue weighted by molar-refractivity contribution is -0.172. The Morgan fingerprint density at radius 3 is 2.08 bits per heavy atom. The number of rotatable bonds is 9. The summed E-state index contributed by atoms with van der Waals surface area (Å²) < 4.78 is 37.2. The number of hydrogen-bond donors (Lipinski definition) is 0. The van der Waals surface area contributed by atoms with Crippen molar-refractivity contribution < 1.29 is 37.1 Å². The highest BCUT2D eigenvalue weighted by Crippen LogP contribution is 2.49. The van der Waals surface area contributed by atoms with E-state index >= 15 is 0 Å². The molecule has 0 saturated heterocycles. The van der Waals surface area contributed by atoms with Crippen LogP contribution < -0.4 is 0 Å². The van der Waals surface area contributed by atoms with Crippen LogP contribution in [0.1, 0.15) is 53.0 Å². The standard InChI is InChI=1S/C28H31NO8S/c1-4-36-26(32)28(27(33)37-5-2)15-19(20(16-28)17-38(34,35)21-9-7-6-8-10-21)13-18-11-12-22-23(14-18)25(31)29(3)24(22)30/h6-12,14,19-20H,4-5,13,15-17H2,1-3H3. The molecule has 1 fully saturated rings. The van der Waals surface area contributed by atoms with Gasteiger partial charge in [0.05, 0.1) is 35.0 Å². The third-order valence-electron chi connectivity index (χ3n) is 7.41. The second kappa shape index (κ2) is 10.7. The van der Waals surface area contributed by atoms with Gasteiger partial charge in [-0.05, 0) is 74.8 Å². The number of amides is 2. The fourth-order valence-corrected chi connectivity index (χ4v) is 7.26. The van der Waals surface area contributed by atoms with Crippen molar-refractivity contribution >= 4 is 33.6 Å². The van der Waals surface area contributed by atoms with Crippen LogP contribution in [0.15, 0.2) is 53.4 Å². The Labute approximate surface area is 222 Å². The molecule has 2 aromatic rings. The lowest BCUT2D eigenvalue weighted by Gasteiger charge is -2.24. The molecule has 202 valence electrons. The van der Waals surface area contributed by atoms with Crippen LogP contribution in [0.5, 0.6) is 0 Å². The van der Waals surface area contributed by atoms with E-state index in [0.717, 1.165) is 4.90 Å². The van der Waals surface area contributed by atoms with Gasteiger partial charge in [0, 0.05) is 7.05 Å². The Kier molecular flexibility index (Phi) is 7.73. The smallest absolute Gasteiger partial charge is 0.323 e. The molecule has 2 atom stereocenters. The number of nitrogens with zero attached hydrogens (tertiary/aromatic N) is 1. The van der Waals surface area contributed by atoms with Gasteiger partial charge in [0.1, 0.15) is 0 Å². The van der Waals surface area contributed by atoms with Gasteiger partial charge in [0.2, 0.25) is 0 Å². The van der Waals surface area contributed by atoms with Crippen LogP contribution in [-0.2, 0) is 35.3 Å². The first-order chi connectivity index (χ1) is 18.0. The molecule has 1 aliphatic heterocycles. The molecule has 38 heavy (non-hydrogen) atoms. The zero-order chi connectivity index (χ0) is 27.7. The van der Waals surface area contributed by atoms with Gasteiger partial charge < -0.3 is 9.47 Å². The summed E-state index contributed by atoms with van der Waals surface area (Å²) in [6.45, 7) is 3.40. The molecule has 2 aliphatic rings. The van der Waals surface area contributed by atoms with Gasteiger partial charge in [0.15, 0.2) is 15.3 Å². The van der Waals surface area contributed by atoms with Crippen LogP contribution in [0.3, 0.4) is 0 Å². The van der Waals surface area contributed by atoms with E-state index in [1.165, 1.54) is 19.2 Å². The number of hydrogen-bond acceptors (Lipinski definition) is 8. The van der Waals surface area contributed by atoms with Crippen LogP contribution in [0.2, 0.25) is 0 Å². The minimum atomic E-state index is -3.74. The van der Waals surface area contributed by atoms with E-state index < -0.39 is 44.9 Å². The molecule has 9 nitrogen and oxygen atoms in total. The summed E-state index contributed by atoms with van der Waals surface area (Å²) in [7, 11) is -2.32. The van der Waals surface area contributed by atoms with E-state index in [4.69, 9.17) is 9.47 Å². The van der Waals surface area contributed by atoms with Gasteiger partial charge in [-0.15, -0.1) is 0 Å². The average Bonchev–Trinajstić information content (AvgIpc) is 3.35. The zero-order valence-electron chi connectivity index (χ0n) is 21.6. The van der Waals surface area contributed by atoms with Crippen LogP contribution >= 0.6 is 0 Å². The maximum Gasteiger partial charge on any atom is 0.323 e. The van der Waals surface area contributed by atoms with Gasteiger partial charge in [-0.25, -0.2) is 8.42 Å². The lowest BCUT2D eigenvalue weighted by atomic mass is 9.84. The second-order valence-electron chi connectivity index (χ2n) is 9.80. The number of ether oxygens (including phenoxy) is 2. The first-order valence-corrected chi connectivity index (χ1v) is 14.3. The third kappa shape index (κ3) is 4.97. The molecule has 1 heterocycles. The van der Waals surface area contributed by atoms with E-state index in [9.17, 15) is 27.6 Å². The van der Waals surface area contributed by atoms with Gasteiger partial charge in [0.25, 0.3) is 11.8 Å². The van der Waals surface area contributed by atoms with Crippen LogP contribution in [-0.4, -0.2) is 63.1 Å². The largest absolute Gasteiger partial charge is 0.465 e. The van der Waals surface area contributed by atoms with E-state index in [-0.39, 0.29) is 48.2 Å². The summed E-state index contributed by atoms with van der Waals surface area (Å²) in [5.41, 5.74) is -0.335. The highest BCUT2D eigenvalue weighted by molar-refractivity contribution is 7.91. The summed E-state index contributed by atoms with van der Waals surface area (Å²) in [6, 6.07) is 13.0. The zero-order valence-corrected chi connectivity index (χ0v) is 22.5. The molecule has 0 radical (unpaired) electrons. The quantitative estimate of drug-likeness (QED) is 0.270. The van der Waals surface area contributed by atoms with Crippen LogP contribution in [0.25, 0.3) is 0 Å². The van der Waals surface area contributed by atoms with Crippen molar-refractivity contribution in [1.82, 2.24) is 4.90 Å². The van der Waals surface area contributed by atoms with Gasteiger partial charge >= 0.3 is 11.9 Å². The van der Waals surface area contributed by atoms with E-state index in [1.807, 2.05) is 0 Å². The first kappa shape index (κ1) is 27.5. The van der Waals surface area contributed by atoms with Crippen LogP contribution in [0.4, 0.5) is 0 Å². The predicted octanol–water partition coefficient (Wildman–Crippen LogP) is 3.07. The predicted molar refractivity (Wildman–Crippen MR) is 137 cm³/mol. The summed E-state index contributed by atoms with van der Waals surface area (Å²) >= 11 is 0. The maximum absolute atomic E-state index is 13.3. The molecule has 1 saturated carbocycles. The first-order valence-electron chi connectivity index (χ1n) is 12.6. The highest BCUT2D eigenvalue weighted by Gasteiger charge is 2.58. The molecule has 1 aliphatic carbocycles. The van der Waals surface area contributed by atoms with Gasteiger partial charge in [-0.2, -0.15) is 0 Å². The second-order valence-corrected chi connectivity index (χ2v) is 11.8. The number of carbonyl (C=O) groups is 4. The SMILES string of the molecule is CCOC(=O)C1(C(=O)OCC)CC(Cc2ccc3c(c2)C(=O)N(C)C3=O)C(CS(=O)(=O)c2ccccc2)C1. The number of imide groups is 1. The number of sulfone groups is 1. The Hall–Kier alpha value is -3.53. The van der Waals surface area contributed by atoms with Crippen molar-refractivity contribution in [2.45, 2.75) is 38.0 Å². The molecule has 2 amide bonds. The highest BCUT2D eigenvalue weighted by atomic mass is 32.2. The van der Waals surface area contributed by atoms with Gasteiger partial charge in [-0.3, -0.25) is 24.1 Å². The molecule has 0 spiro atoms. The number of benzene rings is 2. The molecule has 0 aromatic heterocycles. The summed E-state index contributed by atoms with van der Waals surface area (Å²) in [5.74, 6) is -3.49. The molecule has 2 aromatic carbocycles. The minimum absolute atomic E-state index is 0.0352. The van der Waals surface area contributed by atoms with E-state index in [0.29, 0.717) is 17.5 Å². The normalized spacial score (nSPS) is 20.3. The fourth-order valence-electron chi connectivity index (χ4n) is 5.54. The van der Waals surface area contributed by atoms with Crippen molar-refractivity contribution in [1.29, 1.82) is 0 Å². The molecule has 2 unspecified atom stereocenters. The van der Waals surface area contributed by atoms with E-state index in [2.05, 4.69) is 0 Å². The molecule has 0 N–H and O–H groups in total. The fraction of sp³-hybridized carbons (Fsp3) is 0.429. The number of fused-ring (bicyclic) bond motifs is 1. The van der Waals surface area contributed by atoms with Crippen molar-refractivity contribution in [3.63, 3.8) is 0 Å². The van der Waals surface area contributed by atoms with E-state index in [1.54, 1.807) is 50.2 Å². The summed E-state index contributed by atoms with van der Waals surface area (Å²) in [5, 5.41) is 0. The van der Waals surface area contributed by atoms with Crippen molar-refractivity contribution in [3.05, 3.63) is 65.2 Å². The number of carbonyl (C=O) groups excluding carboxylic acids is 4. The molecular weight excluding hydrogens is 510 g/mol. The summed E-state index contributed by atoms with van der Waals surface area (Å²) in [6.07, 6.45) is 0.310. The molecular formula is C28H31NO8S.